The van der Waals surface area contributed by atoms with Gasteiger partial charge in [0.25, 0.3) is 0 Å². The molecule has 0 saturated heterocycles. The minimum absolute atomic E-state index is 0.264. The fourth-order valence-electron chi connectivity index (χ4n) is 2.16. The first-order chi connectivity index (χ1) is 11.9. The normalized spacial score (nSPS) is 12.9. The van der Waals surface area contributed by atoms with Crippen molar-refractivity contribution >= 4 is 5.97 Å². The molecular weight excluding hydrogens is 366 g/mol. The third-order valence-electron chi connectivity index (χ3n) is 3.86. The number of hydrogen-bond donors (Lipinski definition) is 1. The largest absolute Gasteiger partial charge is 0.462 e. The molecular formula is C17H26F6O3. The molecule has 154 valence electrons. The number of aliphatic hydroxyl groups excluding tert-OH is 1. The first kappa shape index (κ1) is 24.8. The van der Waals surface area contributed by atoms with Crippen LogP contribution in [0.4, 0.5) is 26.3 Å². The number of carbonyl (C=O) groups is 1. The lowest BCUT2D eigenvalue weighted by Gasteiger charge is -2.33. The van der Waals surface area contributed by atoms with Gasteiger partial charge in [0.2, 0.25) is 0 Å². The van der Waals surface area contributed by atoms with Gasteiger partial charge in [-0.2, -0.15) is 26.3 Å². The summed E-state index contributed by atoms with van der Waals surface area (Å²) in [7, 11) is 0. The highest BCUT2D eigenvalue weighted by Gasteiger charge is 2.70. The van der Waals surface area contributed by atoms with Gasteiger partial charge in [0, 0.05) is 12.8 Å². The third-order valence-corrected chi connectivity index (χ3v) is 3.86. The Labute approximate surface area is 149 Å². The molecule has 0 aromatic heterocycles. The summed E-state index contributed by atoms with van der Waals surface area (Å²) < 4.78 is 86.3. The van der Waals surface area contributed by atoms with Crippen molar-refractivity contribution in [3.05, 3.63) is 12.2 Å². The Hall–Kier alpha value is -1.25. The predicted molar refractivity (Wildman–Crippen MR) is 84.6 cm³/mol. The molecule has 0 amide bonds. The quantitative estimate of drug-likeness (QED) is 0.193. The number of aliphatic hydroxyl groups is 1. The van der Waals surface area contributed by atoms with Crippen LogP contribution in [0.2, 0.25) is 0 Å². The number of alkyl halides is 6. The molecule has 0 aromatic rings. The molecule has 0 aliphatic carbocycles. The molecule has 0 spiro atoms. The fraction of sp³-hybridized carbons (Fsp3) is 0.824. The second-order valence-electron chi connectivity index (χ2n) is 6.15. The zero-order valence-electron chi connectivity index (χ0n) is 14.8. The smallest absolute Gasteiger partial charge is 0.371 e. The Balaban J connectivity index is 4.55. The minimum atomic E-state index is -5.50. The molecule has 0 saturated carbocycles. The molecule has 0 aliphatic rings. The zero-order valence-corrected chi connectivity index (χ0v) is 14.8. The Morgan fingerprint density at radius 3 is 1.92 bits per heavy atom. The molecule has 0 heterocycles. The predicted octanol–water partition coefficient (Wildman–Crippen LogP) is 5.12. The summed E-state index contributed by atoms with van der Waals surface area (Å²) in [5.41, 5.74) is -0.336. The minimum Gasteiger partial charge on any atom is -0.462 e. The number of unbranched alkanes of at least 4 members (excludes halogenated alkanes) is 4. The van der Waals surface area contributed by atoms with E-state index < -0.39 is 56.2 Å². The van der Waals surface area contributed by atoms with Crippen LogP contribution in [0, 0.1) is 0 Å². The molecule has 0 atom stereocenters. The van der Waals surface area contributed by atoms with Crippen molar-refractivity contribution in [2.24, 2.45) is 0 Å². The zero-order chi connectivity index (χ0) is 20.4. The average molecular weight is 392 g/mol. The third kappa shape index (κ3) is 7.17. The molecule has 26 heavy (non-hydrogen) atoms. The van der Waals surface area contributed by atoms with Gasteiger partial charge in [-0.05, 0) is 12.8 Å². The van der Waals surface area contributed by atoms with Crippen LogP contribution in [0.5, 0.6) is 0 Å². The second kappa shape index (κ2) is 10.8. The fourth-order valence-corrected chi connectivity index (χ4v) is 2.16. The van der Waals surface area contributed by atoms with E-state index in [0.29, 0.717) is 6.42 Å². The van der Waals surface area contributed by atoms with E-state index in [-0.39, 0.29) is 18.4 Å². The molecule has 0 aromatic carbocycles. The molecule has 0 radical (unpaired) electrons. The summed E-state index contributed by atoms with van der Waals surface area (Å²) in [6.45, 7) is 3.63. The van der Waals surface area contributed by atoms with E-state index in [1.54, 1.807) is 0 Å². The van der Waals surface area contributed by atoms with Crippen molar-refractivity contribution in [1.29, 1.82) is 0 Å². The number of rotatable bonds is 14. The maximum absolute atomic E-state index is 13.7. The SMILES string of the molecule is C=C(CO)C(=O)OCCCC(F)(F)C(F)(F)C(F)(F)CCCCCCC. The van der Waals surface area contributed by atoms with Gasteiger partial charge in [-0.1, -0.05) is 39.2 Å². The topological polar surface area (TPSA) is 46.5 Å². The Morgan fingerprint density at radius 1 is 0.923 bits per heavy atom. The van der Waals surface area contributed by atoms with E-state index in [0.717, 1.165) is 12.8 Å². The van der Waals surface area contributed by atoms with Gasteiger partial charge in [-0.3, -0.25) is 0 Å². The maximum Gasteiger partial charge on any atom is 0.371 e. The highest BCUT2D eigenvalue weighted by atomic mass is 19.3. The summed E-state index contributed by atoms with van der Waals surface area (Å²) >= 11 is 0. The van der Waals surface area contributed by atoms with Crippen LogP contribution in [0.1, 0.15) is 58.3 Å². The lowest BCUT2D eigenvalue weighted by Crippen LogP contribution is -2.54. The number of ether oxygens (including phenoxy) is 1. The van der Waals surface area contributed by atoms with E-state index >= 15 is 0 Å². The van der Waals surface area contributed by atoms with E-state index in [4.69, 9.17) is 5.11 Å². The molecule has 0 unspecified atom stereocenters. The van der Waals surface area contributed by atoms with Crippen LogP contribution < -0.4 is 0 Å². The molecule has 9 heteroatoms. The van der Waals surface area contributed by atoms with Gasteiger partial charge >= 0.3 is 23.7 Å². The Morgan fingerprint density at radius 2 is 1.42 bits per heavy atom. The first-order valence-corrected chi connectivity index (χ1v) is 8.52. The molecule has 0 aliphatic heterocycles. The highest BCUT2D eigenvalue weighted by molar-refractivity contribution is 5.87. The summed E-state index contributed by atoms with van der Waals surface area (Å²) in [5.74, 6) is -16.3. The molecule has 1 N–H and O–H groups in total. The van der Waals surface area contributed by atoms with Crippen LogP contribution >= 0.6 is 0 Å². The van der Waals surface area contributed by atoms with Crippen LogP contribution in [-0.4, -0.2) is 42.1 Å². The summed E-state index contributed by atoms with van der Waals surface area (Å²) in [6, 6.07) is 0. The monoisotopic (exact) mass is 392 g/mol. The lowest BCUT2D eigenvalue weighted by molar-refractivity contribution is -0.312. The van der Waals surface area contributed by atoms with Crippen molar-refractivity contribution in [3.63, 3.8) is 0 Å². The van der Waals surface area contributed by atoms with Crippen molar-refractivity contribution in [1.82, 2.24) is 0 Å². The maximum atomic E-state index is 13.7. The van der Waals surface area contributed by atoms with Crippen LogP contribution in [-0.2, 0) is 9.53 Å². The van der Waals surface area contributed by atoms with Gasteiger partial charge < -0.3 is 9.84 Å². The van der Waals surface area contributed by atoms with E-state index in [2.05, 4.69) is 11.3 Å². The van der Waals surface area contributed by atoms with Gasteiger partial charge in [-0.15, -0.1) is 0 Å². The molecule has 0 rings (SSSR count). The Bertz CT molecular complexity index is 452. The highest BCUT2D eigenvalue weighted by Crippen LogP contribution is 2.49. The van der Waals surface area contributed by atoms with E-state index in [1.807, 2.05) is 6.92 Å². The molecule has 3 nitrogen and oxygen atoms in total. The van der Waals surface area contributed by atoms with Crippen molar-refractivity contribution in [2.45, 2.75) is 76.1 Å². The van der Waals surface area contributed by atoms with Crippen molar-refractivity contribution < 1.29 is 41.0 Å². The van der Waals surface area contributed by atoms with Crippen LogP contribution in [0.15, 0.2) is 12.2 Å². The van der Waals surface area contributed by atoms with Crippen LogP contribution in [0.25, 0.3) is 0 Å². The standard InChI is InChI=1S/C17H26F6O3/c1-3-4-5-6-7-9-15(18,19)17(22,23)16(20,21)10-8-11-26-14(25)13(2)12-24/h24H,2-12H2,1H3. The number of carbonyl (C=O) groups excluding carboxylic acids is 1. The van der Waals surface area contributed by atoms with E-state index in [9.17, 15) is 31.1 Å². The average Bonchev–Trinajstić information content (AvgIpc) is 2.57. The van der Waals surface area contributed by atoms with Gasteiger partial charge in [0.15, 0.2) is 0 Å². The van der Waals surface area contributed by atoms with Crippen LogP contribution in [0.3, 0.4) is 0 Å². The van der Waals surface area contributed by atoms with E-state index in [1.165, 1.54) is 0 Å². The van der Waals surface area contributed by atoms with Gasteiger partial charge in [-0.25, -0.2) is 4.79 Å². The van der Waals surface area contributed by atoms with Crippen molar-refractivity contribution in [3.8, 4) is 0 Å². The van der Waals surface area contributed by atoms with Gasteiger partial charge in [0.1, 0.15) is 0 Å². The lowest BCUT2D eigenvalue weighted by atomic mass is 9.96. The number of halogens is 6. The summed E-state index contributed by atoms with van der Waals surface area (Å²) in [4.78, 5) is 11.1. The Kier molecular flexibility index (Phi) is 10.3. The van der Waals surface area contributed by atoms with Gasteiger partial charge in [0.05, 0.1) is 18.8 Å². The van der Waals surface area contributed by atoms with Crippen molar-refractivity contribution in [2.75, 3.05) is 13.2 Å². The molecule has 0 bridgehead atoms. The second-order valence-corrected chi connectivity index (χ2v) is 6.15. The first-order valence-electron chi connectivity index (χ1n) is 8.52. The molecule has 0 fully saturated rings. The summed E-state index contributed by atoms with van der Waals surface area (Å²) in [6.07, 6.45) is -1.43. The number of hydrogen-bond acceptors (Lipinski definition) is 3. The number of esters is 1. The summed E-state index contributed by atoms with van der Waals surface area (Å²) in [5, 5.41) is 8.60.